The van der Waals surface area contributed by atoms with Crippen molar-refractivity contribution in [1.29, 1.82) is 0 Å². The molecule has 2 aromatic heterocycles. The average Bonchev–Trinajstić information content (AvgIpc) is 2.76. The van der Waals surface area contributed by atoms with Gasteiger partial charge >= 0.3 is 0 Å². The van der Waals surface area contributed by atoms with Crippen LogP contribution in [0.2, 0.25) is 10.0 Å². The molecule has 3 heterocycles. The number of rotatable bonds is 3. The Kier molecular flexibility index (Phi) is 5.52. The van der Waals surface area contributed by atoms with E-state index in [1.54, 1.807) is 12.1 Å². The van der Waals surface area contributed by atoms with Gasteiger partial charge in [0.2, 0.25) is 0 Å². The van der Waals surface area contributed by atoms with Crippen molar-refractivity contribution < 1.29 is 4.42 Å². The van der Waals surface area contributed by atoms with Crippen LogP contribution in [0.25, 0.3) is 11.0 Å². The molecule has 0 bridgehead atoms. The maximum atomic E-state index is 12.9. The van der Waals surface area contributed by atoms with Crippen molar-refractivity contribution in [3.8, 4) is 0 Å². The first kappa shape index (κ1) is 20.0. The number of nitrogens with zero attached hydrogens (tertiary/aromatic N) is 3. The standard InChI is InChI=1S/C23H23Cl2N3O2/c24-17-8-18-21(29)16(13-30-22(18)19(25)9-17)12-28-7-6-20-15(11-28)10-26-23(27-20)14-4-2-1-3-5-14/h8-10,13-14H,1-7,11-12H2. The van der Waals surface area contributed by atoms with E-state index in [0.29, 0.717) is 39.0 Å². The topological polar surface area (TPSA) is 59.2 Å². The summed E-state index contributed by atoms with van der Waals surface area (Å²) >= 11 is 12.2. The summed E-state index contributed by atoms with van der Waals surface area (Å²) in [6.07, 6.45) is 10.7. The molecule has 1 saturated carbocycles. The molecule has 1 aliphatic carbocycles. The van der Waals surface area contributed by atoms with Crippen LogP contribution in [0.5, 0.6) is 0 Å². The number of halogens is 2. The van der Waals surface area contributed by atoms with Gasteiger partial charge in [-0.05, 0) is 25.0 Å². The summed E-state index contributed by atoms with van der Waals surface area (Å²) in [6, 6.07) is 3.20. The Bertz CT molecular complexity index is 1160. The molecule has 30 heavy (non-hydrogen) atoms. The van der Waals surface area contributed by atoms with Crippen LogP contribution in [-0.4, -0.2) is 21.4 Å². The second kappa shape index (κ2) is 8.29. The van der Waals surface area contributed by atoms with Crippen LogP contribution in [-0.2, 0) is 19.5 Å². The first-order chi connectivity index (χ1) is 14.6. The summed E-state index contributed by atoms with van der Waals surface area (Å²) in [7, 11) is 0. The van der Waals surface area contributed by atoms with Crippen molar-refractivity contribution in [2.75, 3.05) is 6.54 Å². The van der Waals surface area contributed by atoms with Gasteiger partial charge in [0.1, 0.15) is 5.82 Å². The van der Waals surface area contributed by atoms with Crippen LogP contribution in [0.15, 0.2) is 33.8 Å². The second-order valence-electron chi connectivity index (χ2n) is 8.35. The minimum atomic E-state index is -0.0876. The van der Waals surface area contributed by atoms with Gasteiger partial charge in [-0.15, -0.1) is 0 Å². The molecule has 0 saturated heterocycles. The van der Waals surface area contributed by atoms with Gasteiger partial charge in [0.15, 0.2) is 11.0 Å². The maximum absolute atomic E-state index is 12.9. The number of hydrogen-bond acceptors (Lipinski definition) is 5. The van der Waals surface area contributed by atoms with Gasteiger partial charge in [-0.25, -0.2) is 9.97 Å². The van der Waals surface area contributed by atoms with E-state index in [2.05, 4.69) is 9.88 Å². The smallest absolute Gasteiger partial charge is 0.197 e. The Labute approximate surface area is 185 Å². The van der Waals surface area contributed by atoms with Gasteiger partial charge in [0, 0.05) is 60.0 Å². The molecule has 1 fully saturated rings. The lowest BCUT2D eigenvalue weighted by atomic mass is 9.88. The van der Waals surface area contributed by atoms with Gasteiger partial charge < -0.3 is 4.42 Å². The highest BCUT2D eigenvalue weighted by molar-refractivity contribution is 6.38. The SMILES string of the molecule is O=c1c(CN2CCc3nc(C4CCCCC4)ncc3C2)coc2c(Cl)cc(Cl)cc12. The molecule has 2 aliphatic rings. The van der Waals surface area contributed by atoms with E-state index < -0.39 is 0 Å². The first-order valence-electron chi connectivity index (χ1n) is 10.5. The highest BCUT2D eigenvalue weighted by Gasteiger charge is 2.23. The molecule has 0 radical (unpaired) electrons. The number of aromatic nitrogens is 2. The first-order valence-corrected chi connectivity index (χ1v) is 11.3. The van der Waals surface area contributed by atoms with Crippen LogP contribution >= 0.6 is 23.2 Å². The number of hydrogen-bond donors (Lipinski definition) is 0. The normalized spacial score (nSPS) is 17.9. The zero-order valence-electron chi connectivity index (χ0n) is 16.7. The van der Waals surface area contributed by atoms with Gasteiger partial charge in [-0.2, -0.15) is 0 Å². The molecule has 0 amide bonds. The monoisotopic (exact) mass is 443 g/mol. The fourth-order valence-electron chi connectivity index (χ4n) is 4.64. The summed E-state index contributed by atoms with van der Waals surface area (Å²) in [5.41, 5.74) is 3.20. The van der Waals surface area contributed by atoms with Crippen LogP contribution in [0.3, 0.4) is 0 Å². The molecular weight excluding hydrogens is 421 g/mol. The van der Waals surface area contributed by atoms with E-state index >= 15 is 0 Å². The maximum Gasteiger partial charge on any atom is 0.197 e. The predicted molar refractivity (Wildman–Crippen MR) is 118 cm³/mol. The van der Waals surface area contributed by atoms with Crippen LogP contribution < -0.4 is 5.43 Å². The van der Waals surface area contributed by atoms with E-state index in [0.717, 1.165) is 36.6 Å². The summed E-state index contributed by atoms with van der Waals surface area (Å²) in [4.78, 5) is 24.8. The zero-order chi connectivity index (χ0) is 20.7. The molecule has 5 rings (SSSR count). The fraction of sp³-hybridized carbons (Fsp3) is 0.435. The fourth-order valence-corrected chi connectivity index (χ4v) is 5.18. The van der Waals surface area contributed by atoms with Gasteiger partial charge in [0.25, 0.3) is 0 Å². The number of fused-ring (bicyclic) bond motifs is 2. The Balaban J connectivity index is 1.35. The van der Waals surface area contributed by atoms with Crippen molar-refractivity contribution >= 4 is 34.2 Å². The molecule has 0 atom stereocenters. The van der Waals surface area contributed by atoms with Crippen molar-refractivity contribution in [3.05, 3.63) is 67.5 Å². The lowest BCUT2D eigenvalue weighted by Crippen LogP contribution is -2.32. The summed E-state index contributed by atoms with van der Waals surface area (Å²) in [5.74, 6) is 1.54. The molecule has 0 N–H and O–H groups in total. The highest BCUT2D eigenvalue weighted by Crippen LogP contribution is 2.31. The van der Waals surface area contributed by atoms with Gasteiger partial charge in [0.05, 0.1) is 16.7 Å². The predicted octanol–water partition coefficient (Wildman–Crippen LogP) is 5.50. The third-order valence-electron chi connectivity index (χ3n) is 6.26. The summed E-state index contributed by atoms with van der Waals surface area (Å²) in [5, 5.41) is 1.19. The lowest BCUT2D eigenvalue weighted by Gasteiger charge is -2.28. The van der Waals surface area contributed by atoms with Gasteiger partial charge in [-0.1, -0.05) is 42.5 Å². The third-order valence-corrected chi connectivity index (χ3v) is 6.76. The number of benzene rings is 1. The minimum absolute atomic E-state index is 0.0876. The van der Waals surface area contributed by atoms with E-state index in [-0.39, 0.29) is 5.43 Å². The molecule has 7 heteroatoms. The van der Waals surface area contributed by atoms with E-state index in [1.165, 1.54) is 38.4 Å². The van der Waals surface area contributed by atoms with Crippen LogP contribution in [0.1, 0.15) is 60.7 Å². The Morgan fingerprint density at radius 2 is 2.00 bits per heavy atom. The highest BCUT2D eigenvalue weighted by atomic mass is 35.5. The van der Waals surface area contributed by atoms with Crippen molar-refractivity contribution in [3.63, 3.8) is 0 Å². The summed E-state index contributed by atoms with van der Waals surface area (Å²) in [6.45, 7) is 2.09. The molecule has 1 aromatic carbocycles. The molecule has 0 spiro atoms. The molecule has 156 valence electrons. The van der Waals surface area contributed by atoms with E-state index in [1.807, 2.05) is 6.20 Å². The zero-order valence-corrected chi connectivity index (χ0v) is 18.2. The van der Waals surface area contributed by atoms with Crippen LogP contribution in [0.4, 0.5) is 0 Å². The molecule has 3 aromatic rings. The van der Waals surface area contributed by atoms with Crippen molar-refractivity contribution in [2.24, 2.45) is 0 Å². The minimum Gasteiger partial charge on any atom is -0.462 e. The summed E-state index contributed by atoms with van der Waals surface area (Å²) < 4.78 is 5.66. The van der Waals surface area contributed by atoms with Crippen LogP contribution in [0, 0.1) is 0 Å². The Morgan fingerprint density at radius 1 is 1.17 bits per heavy atom. The molecular formula is C23H23Cl2N3O2. The molecule has 1 aliphatic heterocycles. The molecule has 0 unspecified atom stereocenters. The Morgan fingerprint density at radius 3 is 2.83 bits per heavy atom. The van der Waals surface area contributed by atoms with E-state index in [4.69, 9.17) is 32.6 Å². The Hall–Kier alpha value is -1.95. The average molecular weight is 444 g/mol. The van der Waals surface area contributed by atoms with Crippen molar-refractivity contribution in [2.45, 2.75) is 57.5 Å². The van der Waals surface area contributed by atoms with Crippen molar-refractivity contribution in [1.82, 2.24) is 14.9 Å². The second-order valence-corrected chi connectivity index (χ2v) is 9.19. The van der Waals surface area contributed by atoms with Gasteiger partial charge in [-0.3, -0.25) is 9.69 Å². The quantitative estimate of drug-likeness (QED) is 0.534. The molecule has 5 nitrogen and oxygen atoms in total. The van der Waals surface area contributed by atoms with E-state index in [9.17, 15) is 4.79 Å². The third kappa shape index (κ3) is 3.86. The largest absolute Gasteiger partial charge is 0.462 e. The lowest BCUT2D eigenvalue weighted by molar-refractivity contribution is 0.240.